The maximum Gasteiger partial charge on any atom is 0.422 e. The van der Waals surface area contributed by atoms with Crippen molar-refractivity contribution in [3.63, 3.8) is 0 Å². The smallest absolute Gasteiger partial charge is 0.422 e. The first kappa shape index (κ1) is 24.9. The van der Waals surface area contributed by atoms with E-state index in [1.165, 1.54) is 45.0 Å². The summed E-state index contributed by atoms with van der Waals surface area (Å²) < 4.78 is 47.8. The third-order valence-corrected chi connectivity index (χ3v) is 4.92. The number of ether oxygens (including phenoxy) is 2. The van der Waals surface area contributed by atoms with Crippen LogP contribution in [0.4, 0.5) is 13.2 Å². The van der Waals surface area contributed by atoms with Crippen molar-refractivity contribution in [3.05, 3.63) is 46.1 Å². The summed E-state index contributed by atoms with van der Waals surface area (Å²) >= 11 is 11.9. The molecule has 0 aliphatic carbocycles. The van der Waals surface area contributed by atoms with Crippen LogP contribution in [0, 0.1) is 0 Å². The number of rotatable bonds is 7. The average molecular weight is 479 g/mol. The Kier molecular flexibility index (Phi) is 7.57. The molecule has 0 fully saturated rings. The predicted molar refractivity (Wildman–Crippen MR) is 109 cm³/mol. The lowest BCUT2D eigenvalue weighted by Gasteiger charge is -2.30. The second kappa shape index (κ2) is 9.42. The highest BCUT2D eigenvalue weighted by Crippen LogP contribution is 2.34. The molecule has 2 aromatic rings. The molecule has 1 aromatic carbocycles. The highest BCUT2D eigenvalue weighted by molar-refractivity contribution is 6.42. The van der Waals surface area contributed by atoms with Gasteiger partial charge in [0.15, 0.2) is 12.4 Å². The Morgan fingerprint density at radius 3 is 2.35 bits per heavy atom. The van der Waals surface area contributed by atoms with Crippen molar-refractivity contribution in [2.75, 3.05) is 6.61 Å². The van der Waals surface area contributed by atoms with E-state index in [0.717, 1.165) is 6.20 Å². The molecule has 0 aliphatic rings. The number of carbonyl (C=O) groups is 2. The van der Waals surface area contributed by atoms with Gasteiger partial charge in [-0.15, -0.1) is 0 Å². The van der Waals surface area contributed by atoms with Gasteiger partial charge in [-0.1, -0.05) is 29.3 Å². The number of pyridine rings is 1. The Bertz CT molecular complexity index is 997. The fraction of sp³-hybridized carbons (Fsp3) is 0.350. The lowest BCUT2D eigenvalue weighted by atomic mass is 9.91. The second-order valence-corrected chi connectivity index (χ2v) is 7.96. The van der Waals surface area contributed by atoms with Gasteiger partial charge in [0.25, 0.3) is 0 Å². The summed E-state index contributed by atoms with van der Waals surface area (Å²) in [6.07, 6.45) is -3.56. The van der Waals surface area contributed by atoms with Gasteiger partial charge in [-0.2, -0.15) is 13.2 Å². The quantitative estimate of drug-likeness (QED) is 0.451. The topological polar surface area (TPSA) is 91.5 Å². The van der Waals surface area contributed by atoms with Crippen LogP contribution in [0.5, 0.6) is 5.88 Å². The van der Waals surface area contributed by atoms with Crippen molar-refractivity contribution in [2.45, 2.75) is 38.6 Å². The third kappa shape index (κ3) is 6.56. The number of aromatic nitrogens is 1. The standard InChI is InChI=1S/C20H19Cl2F3N2O4/c1-10(28)31-19(2,3)17(26)16(29)12-6-13(11-4-5-14(21)15(22)7-11)18(27-8-12)30-9-20(23,24)25/h4-8,17H,9,26H2,1-3H3. The van der Waals surface area contributed by atoms with Crippen LogP contribution >= 0.6 is 23.2 Å². The van der Waals surface area contributed by atoms with E-state index in [1.54, 1.807) is 0 Å². The average Bonchev–Trinajstić information content (AvgIpc) is 2.65. The van der Waals surface area contributed by atoms with Crippen LogP contribution in [-0.4, -0.2) is 41.2 Å². The summed E-state index contributed by atoms with van der Waals surface area (Å²) in [4.78, 5) is 28.0. The Morgan fingerprint density at radius 1 is 1.16 bits per heavy atom. The molecule has 1 atom stereocenters. The Balaban J connectivity index is 2.50. The summed E-state index contributed by atoms with van der Waals surface area (Å²) in [6.45, 7) is 2.52. The lowest BCUT2D eigenvalue weighted by molar-refractivity contribution is -0.155. The third-order valence-electron chi connectivity index (χ3n) is 4.18. The van der Waals surface area contributed by atoms with Gasteiger partial charge in [0.05, 0.1) is 10.0 Å². The van der Waals surface area contributed by atoms with E-state index in [9.17, 15) is 22.8 Å². The molecule has 11 heteroatoms. The van der Waals surface area contributed by atoms with Gasteiger partial charge < -0.3 is 15.2 Å². The number of nitrogens with two attached hydrogens (primary N) is 1. The van der Waals surface area contributed by atoms with E-state index in [2.05, 4.69) is 4.98 Å². The molecule has 2 N–H and O–H groups in total. The molecule has 168 valence electrons. The first-order valence-electron chi connectivity index (χ1n) is 8.85. The lowest BCUT2D eigenvalue weighted by Crippen LogP contribution is -2.51. The zero-order chi connectivity index (χ0) is 23.6. The molecule has 0 aliphatic heterocycles. The minimum absolute atomic E-state index is 0.0202. The molecule has 6 nitrogen and oxygen atoms in total. The number of hydrogen-bond acceptors (Lipinski definition) is 6. The normalized spacial score (nSPS) is 12.9. The van der Waals surface area contributed by atoms with E-state index >= 15 is 0 Å². The van der Waals surface area contributed by atoms with Crippen molar-refractivity contribution >= 4 is 35.0 Å². The highest BCUT2D eigenvalue weighted by atomic mass is 35.5. The second-order valence-electron chi connectivity index (χ2n) is 7.15. The molecule has 31 heavy (non-hydrogen) atoms. The number of halogens is 5. The Hall–Kier alpha value is -2.36. The number of nitrogens with zero attached hydrogens (tertiary/aromatic N) is 1. The molecule has 0 bridgehead atoms. The van der Waals surface area contributed by atoms with Crippen LogP contribution in [0.25, 0.3) is 11.1 Å². The molecule has 0 saturated carbocycles. The molecule has 2 rings (SSSR count). The summed E-state index contributed by atoms with van der Waals surface area (Å²) in [7, 11) is 0. The fourth-order valence-corrected chi connectivity index (χ4v) is 2.95. The van der Waals surface area contributed by atoms with Crippen molar-refractivity contribution in [2.24, 2.45) is 5.73 Å². The Labute approximate surface area is 186 Å². The fourth-order valence-electron chi connectivity index (χ4n) is 2.65. The first-order chi connectivity index (χ1) is 14.2. The zero-order valence-electron chi connectivity index (χ0n) is 16.7. The number of alkyl halides is 3. The molecule has 0 amide bonds. The number of Topliss-reactive ketones (excluding diaryl/α,β-unsaturated/α-hetero) is 1. The van der Waals surface area contributed by atoms with Crippen molar-refractivity contribution in [1.82, 2.24) is 4.98 Å². The van der Waals surface area contributed by atoms with Crippen molar-refractivity contribution in [1.29, 1.82) is 0 Å². The number of ketones is 1. The van der Waals surface area contributed by atoms with Crippen LogP contribution in [0.1, 0.15) is 31.1 Å². The van der Waals surface area contributed by atoms with Gasteiger partial charge in [0, 0.05) is 24.2 Å². The zero-order valence-corrected chi connectivity index (χ0v) is 18.2. The molecule has 0 saturated heterocycles. The summed E-state index contributed by atoms with van der Waals surface area (Å²) in [5.74, 6) is -1.62. The minimum Gasteiger partial charge on any atom is -0.468 e. The summed E-state index contributed by atoms with van der Waals surface area (Å²) in [5, 5.41) is 0.374. The maximum atomic E-state index is 12.9. The van der Waals surface area contributed by atoms with Gasteiger partial charge in [0.2, 0.25) is 5.88 Å². The van der Waals surface area contributed by atoms with E-state index in [0.29, 0.717) is 5.56 Å². The van der Waals surface area contributed by atoms with Gasteiger partial charge in [0.1, 0.15) is 11.6 Å². The number of carbonyl (C=O) groups excluding carboxylic acids is 2. The molecule has 1 unspecified atom stereocenters. The maximum absolute atomic E-state index is 12.9. The number of hydrogen-bond donors (Lipinski definition) is 1. The van der Waals surface area contributed by atoms with Crippen molar-refractivity contribution in [3.8, 4) is 17.0 Å². The first-order valence-corrected chi connectivity index (χ1v) is 9.61. The summed E-state index contributed by atoms with van der Waals surface area (Å²) in [6, 6.07) is 4.35. The molecule has 1 aromatic heterocycles. The van der Waals surface area contributed by atoms with E-state index in [4.69, 9.17) is 38.4 Å². The number of esters is 1. The van der Waals surface area contributed by atoms with Crippen LogP contribution in [0.2, 0.25) is 10.0 Å². The molecule has 0 spiro atoms. The van der Waals surface area contributed by atoms with Crippen LogP contribution in [0.15, 0.2) is 30.5 Å². The molecule has 0 radical (unpaired) electrons. The summed E-state index contributed by atoms with van der Waals surface area (Å²) in [5.41, 5.74) is 5.03. The van der Waals surface area contributed by atoms with Crippen LogP contribution < -0.4 is 10.5 Å². The van der Waals surface area contributed by atoms with E-state index in [1.807, 2.05) is 0 Å². The van der Waals surface area contributed by atoms with Gasteiger partial charge >= 0.3 is 12.1 Å². The number of benzene rings is 1. The highest BCUT2D eigenvalue weighted by Gasteiger charge is 2.36. The van der Waals surface area contributed by atoms with Crippen molar-refractivity contribution < 1.29 is 32.2 Å². The van der Waals surface area contributed by atoms with Gasteiger partial charge in [-0.05, 0) is 37.6 Å². The Morgan fingerprint density at radius 2 is 1.81 bits per heavy atom. The van der Waals surface area contributed by atoms with Crippen LogP contribution in [0.3, 0.4) is 0 Å². The van der Waals surface area contributed by atoms with E-state index in [-0.39, 0.29) is 27.1 Å². The van der Waals surface area contributed by atoms with Gasteiger partial charge in [-0.3, -0.25) is 9.59 Å². The van der Waals surface area contributed by atoms with E-state index < -0.39 is 36.2 Å². The van der Waals surface area contributed by atoms with Crippen LogP contribution in [-0.2, 0) is 9.53 Å². The monoisotopic (exact) mass is 478 g/mol. The molecule has 1 heterocycles. The largest absolute Gasteiger partial charge is 0.468 e. The molecular weight excluding hydrogens is 460 g/mol. The predicted octanol–water partition coefficient (Wildman–Crippen LogP) is 4.85. The molecular formula is C20H19Cl2F3N2O4. The minimum atomic E-state index is -4.60. The van der Waals surface area contributed by atoms with Gasteiger partial charge in [-0.25, -0.2) is 4.98 Å². The SMILES string of the molecule is CC(=O)OC(C)(C)C(N)C(=O)c1cnc(OCC(F)(F)F)c(-c2ccc(Cl)c(Cl)c2)c1.